The molecular weight excluding hydrogens is 840 g/mol. The number of rotatable bonds is 10. The smallest absolute Gasteiger partial charge is 0.264 e. The van der Waals surface area contributed by atoms with E-state index >= 15 is 8.90 Å². The third kappa shape index (κ3) is 8.17. The van der Waals surface area contributed by atoms with Gasteiger partial charge in [0.05, 0.1) is 37.4 Å². The number of ether oxygens (including phenoxy) is 3. The zero-order chi connectivity index (χ0) is 45.2. The van der Waals surface area contributed by atoms with Gasteiger partial charge in [-0.25, -0.2) is 0 Å². The molecule has 1 spiro atoms. The van der Waals surface area contributed by atoms with Gasteiger partial charge in [-0.3, -0.25) is 19.2 Å². The number of aliphatic hydroxyl groups excluding tert-OH is 9. The first-order chi connectivity index (χ1) is 29.2. The summed E-state index contributed by atoms with van der Waals surface area (Å²) in [6, 6.07) is 10.1. The Labute approximate surface area is 355 Å². The Kier molecular flexibility index (Phi) is 13.0. The number of aliphatic hydroxyl groups is 9. The first-order valence-corrected chi connectivity index (χ1v) is 23.3. The van der Waals surface area contributed by atoms with Gasteiger partial charge in [-0.2, -0.15) is 0 Å². The molecule has 15 atom stereocenters. The van der Waals surface area contributed by atoms with Gasteiger partial charge in [-0.05, 0) is 61.8 Å². The third-order valence-electron chi connectivity index (χ3n) is 12.8. The minimum Gasteiger partial charge on any atom is -0.394 e. The van der Waals surface area contributed by atoms with Gasteiger partial charge < -0.3 is 84.7 Å². The van der Waals surface area contributed by atoms with Gasteiger partial charge in [0.25, 0.3) is 17.7 Å². The van der Waals surface area contributed by atoms with Crippen molar-refractivity contribution in [2.24, 2.45) is 5.92 Å². The van der Waals surface area contributed by atoms with Crippen LogP contribution in [0, 0.1) is 5.92 Å². The number of nitrogens with zero attached hydrogens (tertiary/aromatic N) is 2. The van der Waals surface area contributed by atoms with Crippen LogP contribution in [0.5, 0.6) is 0 Å². The van der Waals surface area contributed by atoms with Crippen LogP contribution >= 0.6 is 0 Å². The van der Waals surface area contributed by atoms with E-state index in [4.69, 9.17) is 14.2 Å². The lowest BCUT2D eigenvalue weighted by Gasteiger charge is -2.37. The van der Waals surface area contributed by atoms with Gasteiger partial charge in [0.2, 0.25) is 14.3 Å². The molecule has 5 aliphatic rings. The highest BCUT2D eigenvalue weighted by Crippen LogP contribution is 2.60. The number of anilines is 3. The number of likely N-dealkylation sites (tertiary alicyclic amines) is 1. The van der Waals surface area contributed by atoms with Crippen LogP contribution in [-0.2, 0) is 45.5 Å². The molecule has 340 valence electrons. The molecule has 4 amide bonds. The summed E-state index contributed by atoms with van der Waals surface area (Å²) in [5.41, 5.74) is -1.45. The maximum Gasteiger partial charge on any atom is 0.264 e. The van der Waals surface area contributed by atoms with Crippen molar-refractivity contribution in [2.75, 3.05) is 28.7 Å². The molecule has 20 nitrogen and oxygen atoms in total. The van der Waals surface area contributed by atoms with Gasteiger partial charge in [0.1, 0.15) is 36.6 Å². The molecule has 0 bridgehead atoms. The topological polar surface area (TPSA) is 309 Å². The van der Waals surface area contributed by atoms with Gasteiger partial charge in [0, 0.05) is 34.9 Å². The summed E-state index contributed by atoms with van der Waals surface area (Å²) in [6.45, 7) is 4.68. The fraction of sp³-hybridized carbons (Fsp3) is 0.600. The summed E-state index contributed by atoms with van der Waals surface area (Å²) >= 11 is 0. The molecule has 22 heteroatoms. The Morgan fingerprint density at radius 1 is 0.823 bits per heavy atom. The minimum absolute atomic E-state index is 0.0573. The van der Waals surface area contributed by atoms with Crippen LogP contribution in [0.1, 0.15) is 37.3 Å². The summed E-state index contributed by atoms with van der Waals surface area (Å²) < 4.78 is 33.4. The Morgan fingerprint density at radius 2 is 1.37 bits per heavy atom. The van der Waals surface area contributed by atoms with Crippen LogP contribution in [0.2, 0.25) is 18.6 Å². The number of fused-ring (bicyclic) bond motifs is 2. The number of hydrogen-bond acceptors (Lipinski definition) is 16. The van der Waals surface area contributed by atoms with Gasteiger partial charge in [-0.1, -0.05) is 19.1 Å². The first-order valence-electron chi connectivity index (χ1n) is 20.4. The Balaban J connectivity index is 1.19. The van der Waals surface area contributed by atoms with E-state index in [0.29, 0.717) is 30.6 Å². The normalized spacial score (nSPS) is 37.1. The first kappa shape index (κ1) is 46.0. The monoisotopic (exact) mass is 892 g/mol. The predicted octanol–water partition coefficient (Wildman–Crippen LogP) is -2.14. The van der Waals surface area contributed by atoms with E-state index in [0.717, 1.165) is 0 Å². The molecule has 0 radical (unpaired) electrons. The minimum atomic E-state index is -3.76. The van der Waals surface area contributed by atoms with Crippen molar-refractivity contribution in [1.82, 2.24) is 4.90 Å². The Bertz CT molecular complexity index is 2030. The van der Waals surface area contributed by atoms with Crippen molar-refractivity contribution < 1.29 is 83.5 Å². The molecule has 0 unspecified atom stereocenters. The van der Waals surface area contributed by atoms with Crippen molar-refractivity contribution in [3.63, 3.8) is 0 Å². The number of hydrogen-bond donors (Lipinski definition) is 11. The Morgan fingerprint density at radius 3 is 1.92 bits per heavy atom. The highest BCUT2D eigenvalue weighted by Gasteiger charge is 2.67. The lowest BCUT2D eigenvalue weighted by Crippen LogP contribution is -2.60. The second kappa shape index (κ2) is 17.5. The highest BCUT2D eigenvalue weighted by atomic mass is 28.4. The average molecular weight is 893 g/mol. The van der Waals surface area contributed by atoms with E-state index < -0.39 is 117 Å². The Hall–Kier alpha value is -4.01. The van der Waals surface area contributed by atoms with E-state index in [1.165, 1.54) is 48.3 Å². The van der Waals surface area contributed by atoms with Crippen molar-refractivity contribution in [2.45, 2.75) is 131 Å². The third-order valence-corrected chi connectivity index (χ3v) is 15.2. The molecular formula is C40H53FN4O16Si. The molecule has 7 rings (SSSR count). The number of halogens is 1. The fourth-order valence-corrected chi connectivity index (χ4v) is 12.1. The number of nitrogens with one attached hydrogen (secondary N) is 2. The maximum atomic E-state index is 16.6. The standard InChI is InChI=1S/C40H53FN4O16Si/c1-17-34(62(2,3)41)24(14-25(47)44-12-4-5-21(44)16-46)61-40(17)22-13-20(43-36(55)33-29(51)27(49)31(53)38(57)60-33)10-11-23(22)45(39(40)58)15-18-6-8-19(9-7-18)42-35(54)32-28(50)26(48)30(52)37(56)59-32/h6-11,13,17,21,24,26-34,37-38,46,48-53,56-57H,4-5,12,14-16H2,1-3H3,(H,42,54)(H,43,55)/t17-,21-,24+,26-,27-,28-,29-,30+,31+,32-,33-,34-,37+,38+,40+/m0/s1. The van der Waals surface area contributed by atoms with E-state index in [2.05, 4.69) is 10.6 Å². The molecule has 5 heterocycles. The van der Waals surface area contributed by atoms with Crippen LogP contribution in [0.3, 0.4) is 0 Å². The molecule has 0 aromatic heterocycles. The summed E-state index contributed by atoms with van der Waals surface area (Å²) in [5, 5.41) is 95.5. The van der Waals surface area contributed by atoms with Gasteiger partial charge in [0.15, 0.2) is 30.4 Å². The maximum absolute atomic E-state index is 16.6. The molecule has 4 fully saturated rings. The molecule has 4 saturated heterocycles. The molecule has 5 aliphatic heterocycles. The van der Waals surface area contributed by atoms with E-state index in [-0.39, 0.29) is 42.4 Å². The number of carbonyl (C=O) groups is 4. The summed E-state index contributed by atoms with van der Waals surface area (Å²) in [4.78, 5) is 58.1. The molecule has 2 aromatic carbocycles. The van der Waals surface area contributed by atoms with Crippen LogP contribution in [0.25, 0.3) is 0 Å². The highest BCUT2D eigenvalue weighted by molar-refractivity contribution is 6.72. The van der Waals surface area contributed by atoms with Crippen molar-refractivity contribution in [1.29, 1.82) is 0 Å². The average Bonchev–Trinajstić information content (AvgIpc) is 3.89. The molecule has 0 saturated carbocycles. The van der Waals surface area contributed by atoms with Crippen LogP contribution < -0.4 is 15.5 Å². The predicted molar refractivity (Wildman–Crippen MR) is 214 cm³/mol. The zero-order valence-corrected chi connectivity index (χ0v) is 35.0. The number of benzene rings is 2. The molecule has 11 N–H and O–H groups in total. The van der Waals surface area contributed by atoms with E-state index in [9.17, 15) is 60.3 Å². The fourth-order valence-electron chi connectivity index (χ4n) is 9.58. The molecule has 0 aliphatic carbocycles. The summed E-state index contributed by atoms with van der Waals surface area (Å²) in [7, 11) is -3.76. The van der Waals surface area contributed by atoms with Gasteiger partial charge in [-0.15, -0.1) is 0 Å². The zero-order valence-electron chi connectivity index (χ0n) is 34.0. The lowest BCUT2D eigenvalue weighted by molar-refractivity contribution is -0.274. The number of amides is 4. The quantitative estimate of drug-likeness (QED) is 0.0896. The van der Waals surface area contributed by atoms with E-state index in [1.807, 2.05) is 0 Å². The van der Waals surface area contributed by atoms with Crippen molar-refractivity contribution in [3.8, 4) is 0 Å². The lowest BCUT2D eigenvalue weighted by atomic mass is 9.82. The van der Waals surface area contributed by atoms with Crippen molar-refractivity contribution >= 4 is 49.1 Å². The number of carbonyl (C=O) groups excluding carboxylic acids is 4. The summed E-state index contributed by atoms with van der Waals surface area (Å²) in [5.74, 6) is -3.76. The van der Waals surface area contributed by atoms with Crippen molar-refractivity contribution in [3.05, 3.63) is 53.6 Å². The second-order valence-corrected chi connectivity index (χ2v) is 21.0. The van der Waals surface area contributed by atoms with Crippen LogP contribution in [0.4, 0.5) is 21.2 Å². The molecule has 2 aromatic rings. The summed E-state index contributed by atoms with van der Waals surface area (Å²) in [6.07, 6.45) is -18.8. The second-order valence-electron chi connectivity index (χ2n) is 17.2. The largest absolute Gasteiger partial charge is 0.394 e. The van der Waals surface area contributed by atoms with Gasteiger partial charge >= 0.3 is 0 Å². The van der Waals surface area contributed by atoms with E-state index in [1.54, 1.807) is 24.0 Å². The van der Waals surface area contributed by atoms with Crippen LogP contribution in [0.15, 0.2) is 42.5 Å². The SMILES string of the molecule is C[C@H]1[C@H]([Si](C)(C)F)[C@@H](CC(=O)N2CCC[C@H]2CO)O[C@]12C(=O)N(Cc1ccc(NC(=O)[C@H]3O[C@@H](O)[C@H](O)[C@@H](O)[C@@H]3O)cc1)c1ccc(NC(=O)[C@H]3O[C@@H](O)[C@H](O)[C@@H](O)[C@@H]3O)cc12. The van der Waals surface area contributed by atoms with Crippen LogP contribution in [-0.4, -0.2) is 170 Å². The molecule has 62 heavy (non-hydrogen) atoms.